The van der Waals surface area contributed by atoms with Crippen LogP contribution in [0, 0.1) is 5.92 Å². The summed E-state index contributed by atoms with van der Waals surface area (Å²) < 4.78 is 5.34. The lowest BCUT2D eigenvalue weighted by atomic mass is 9.67. The lowest BCUT2D eigenvalue weighted by Gasteiger charge is -2.41. The lowest BCUT2D eigenvalue weighted by molar-refractivity contribution is 0.0668. The normalized spacial score (nSPS) is 30.9. The molecule has 1 aliphatic heterocycles. The van der Waals surface area contributed by atoms with Gasteiger partial charge in [0.15, 0.2) is 5.96 Å². The molecule has 4 heteroatoms. The second-order valence-electron chi connectivity index (χ2n) is 5.77. The molecule has 1 aliphatic carbocycles. The van der Waals surface area contributed by atoms with Gasteiger partial charge in [0.05, 0.1) is 19.3 Å². The Morgan fingerprint density at radius 2 is 1.95 bits per heavy atom. The smallest absolute Gasteiger partial charge is 0.191 e. The SMILES string of the molecule is C[C@@H]1[C@@H](N=C(N)N2CCOCC2)C[C@H]1c1ccccc1. The van der Waals surface area contributed by atoms with E-state index in [-0.39, 0.29) is 0 Å². The van der Waals surface area contributed by atoms with Crippen molar-refractivity contribution in [2.24, 2.45) is 16.6 Å². The van der Waals surface area contributed by atoms with Gasteiger partial charge in [-0.3, -0.25) is 0 Å². The van der Waals surface area contributed by atoms with Crippen molar-refractivity contribution < 1.29 is 4.74 Å². The summed E-state index contributed by atoms with van der Waals surface area (Å²) in [6.45, 7) is 5.51. The van der Waals surface area contributed by atoms with Crippen molar-refractivity contribution >= 4 is 5.96 Å². The van der Waals surface area contributed by atoms with E-state index in [2.05, 4.69) is 42.2 Å². The van der Waals surface area contributed by atoms with Crippen molar-refractivity contribution in [3.05, 3.63) is 35.9 Å². The molecule has 3 atom stereocenters. The first-order valence-corrected chi connectivity index (χ1v) is 7.46. The third kappa shape index (κ3) is 2.66. The van der Waals surface area contributed by atoms with Gasteiger partial charge < -0.3 is 15.4 Å². The molecule has 1 heterocycles. The molecule has 1 saturated heterocycles. The molecule has 20 heavy (non-hydrogen) atoms. The summed E-state index contributed by atoms with van der Waals surface area (Å²) in [5, 5.41) is 0. The zero-order valence-corrected chi connectivity index (χ0v) is 12.0. The van der Waals surface area contributed by atoms with E-state index < -0.39 is 0 Å². The number of morpholine rings is 1. The molecule has 3 rings (SSSR count). The van der Waals surface area contributed by atoms with Crippen LogP contribution in [0.2, 0.25) is 0 Å². The van der Waals surface area contributed by atoms with Crippen LogP contribution in [0.5, 0.6) is 0 Å². The van der Waals surface area contributed by atoms with Gasteiger partial charge in [0, 0.05) is 13.1 Å². The Balaban J connectivity index is 1.60. The van der Waals surface area contributed by atoms with Gasteiger partial charge >= 0.3 is 0 Å². The maximum atomic E-state index is 6.13. The van der Waals surface area contributed by atoms with E-state index in [0.29, 0.717) is 23.8 Å². The van der Waals surface area contributed by atoms with Crippen LogP contribution in [0.15, 0.2) is 35.3 Å². The molecule has 1 saturated carbocycles. The summed E-state index contributed by atoms with van der Waals surface area (Å²) in [5.41, 5.74) is 7.55. The number of hydrogen-bond donors (Lipinski definition) is 1. The molecule has 0 aromatic heterocycles. The molecule has 1 aromatic carbocycles. The Morgan fingerprint density at radius 1 is 1.25 bits per heavy atom. The Kier molecular flexibility index (Phi) is 3.92. The van der Waals surface area contributed by atoms with Crippen molar-refractivity contribution in [3.8, 4) is 0 Å². The molecule has 0 unspecified atom stereocenters. The van der Waals surface area contributed by atoms with Crippen LogP contribution in [0.3, 0.4) is 0 Å². The van der Waals surface area contributed by atoms with Crippen LogP contribution in [-0.4, -0.2) is 43.2 Å². The van der Waals surface area contributed by atoms with Gasteiger partial charge in [-0.1, -0.05) is 37.3 Å². The minimum Gasteiger partial charge on any atom is -0.378 e. The Labute approximate surface area is 120 Å². The molecule has 0 bridgehead atoms. The van der Waals surface area contributed by atoms with Gasteiger partial charge in [0.1, 0.15) is 0 Å². The predicted molar refractivity (Wildman–Crippen MR) is 80.8 cm³/mol. The quantitative estimate of drug-likeness (QED) is 0.660. The number of nitrogens with zero attached hydrogens (tertiary/aromatic N) is 2. The first-order chi connectivity index (χ1) is 9.75. The number of hydrogen-bond acceptors (Lipinski definition) is 2. The van der Waals surface area contributed by atoms with Crippen molar-refractivity contribution in [2.45, 2.75) is 25.3 Å². The van der Waals surface area contributed by atoms with Crippen molar-refractivity contribution in [1.82, 2.24) is 4.90 Å². The minimum absolute atomic E-state index is 0.364. The number of ether oxygens (including phenoxy) is 1. The maximum Gasteiger partial charge on any atom is 0.191 e. The first kappa shape index (κ1) is 13.4. The maximum absolute atomic E-state index is 6.13. The molecular weight excluding hydrogens is 250 g/mol. The predicted octanol–water partition coefficient (Wildman–Crippen LogP) is 1.83. The summed E-state index contributed by atoms with van der Waals surface area (Å²) in [6, 6.07) is 11.1. The van der Waals surface area contributed by atoms with Crippen molar-refractivity contribution in [2.75, 3.05) is 26.3 Å². The van der Waals surface area contributed by atoms with Crippen LogP contribution in [0.1, 0.15) is 24.8 Å². The average molecular weight is 273 g/mol. The number of nitrogens with two attached hydrogens (primary N) is 1. The average Bonchev–Trinajstić information content (AvgIpc) is 2.52. The van der Waals surface area contributed by atoms with Crippen LogP contribution in [0.25, 0.3) is 0 Å². The highest BCUT2D eigenvalue weighted by atomic mass is 16.5. The Hall–Kier alpha value is -1.55. The third-order valence-corrected chi connectivity index (χ3v) is 4.60. The standard InChI is InChI=1S/C16H23N3O/c1-12-14(13-5-3-2-4-6-13)11-15(12)18-16(17)19-7-9-20-10-8-19/h2-6,12,14-15H,7-11H2,1H3,(H2,17,18)/t12-,14+,15-/m0/s1. The van der Waals surface area contributed by atoms with E-state index in [1.807, 2.05) is 0 Å². The fraction of sp³-hybridized carbons (Fsp3) is 0.562. The van der Waals surface area contributed by atoms with Gasteiger partial charge in [-0.05, 0) is 23.8 Å². The molecule has 2 aliphatic rings. The highest BCUT2D eigenvalue weighted by Gasteiger charge is 2.38. The second kappa shape index (κ2) is 5.83. The van der Waals surface area contributed by atoms with E-state index in [1.165, 1.54) is 5.56 Å². The van der Waals surface area contributed by atoms with Gasteiger partial charge in [-0.2, -0.15) is 0 Å². The molecular formula is C16H23N3O. The largest absolute Gasteiger partial charge is 0.378 e. The number of rotatable bonds is 2. The summed E-state index contributed by atoms with van der Waals surface area (Å²) in [5.74, 6) is 1.89. The summed E-state index contributed by atoms with van der Waals surface area (Å²) >= 11 is 0. The highest BCUT2D eigenvalue weighted by Crippen LogP contribution is 2.44. The monoisotopic (exact) mass is 273 g/mol. The van der Waals surface area contributed by atoms with E-state index in [4.69, 9.17) is 15.5 Å². The van der Waals surface area contributed by atoms with Gasteiger partial charge in [0.2, 0.25) is 0 Å². The molecule has 2 N–H and O–H groups in total. The third-order valence-electron chi connectivity index (χ3n) is 4.60. The van der Waals surface area contributed by atoms with Crippen molar-refractivity contribution in [3.63, 3.8) is 0 Å². The van der Waals surface area contributed by atoms with Gasteiger partial charge in [0.25, 0.3) is 0 Å². The van der Waals surface area contributed by atoms with Gasteiger partial charge in [-0.25, -0.2) is 4.99 Å². The first-order valence-electron chi connectivity index (χ1n) is 7.46. The Morgan fingerprint density at radius 3 is 2.60 bits per heavy atom. The number of guanidine groups is 1. The minimum atomic E-state index is 0.364. The number of aliphatic imine (C=N–C) groups is 1. The summed E-state index contributed by atoms with van der Waals surface area (Å²) in [7, 11) is 0. The lowest BCUT2D eigenvalue weighted by Crippen LogP contribution is -2.47. The number of benzene rings is 1. The van der Waals surface area contributed by atoms with Crippen molar-refractivity contribution in [1.29, 1.82) is 0 Å². The molecule has 0 radical (unpaired) electrons. The zero-order chi connectivity index (χ0) is 13.9. The molecule has 2 fully saturated rings. The van der Waals surface area contributed by atoms with E-state index >= 15 is 0 Å². The second-order valence-corrected chi connectivity index (χ2v) is 5.77. The van der Waals surface area contributed by atoms with E-state index in [9.17, 15) is 0 Å². The van der Waals surface area contributed by atoms with Crippen LogP contribution >= 0.6 is 0 Å². The molecule has 0 amide bonds. The molecule has 1 aromatic rings. The molecule has 0 spiro atoms. The fourth-order valence-electron chi connectivity index (χ4n) is 3.12. The van der Waals surface area contributed by atoms with Crippen LogP contribution < -0.4 is 5.73 Å². The fourth-order valence-corrected chi connectivity index (χ4v) is 3.12. The highest BCUT2D eigenvalue weighted by molar-refractivity contribution is 5.78. The molecule has 108 valence electrons. The molecule has 4 nitrogen and oxygen atoms in total. The van der Waals surface area contributed by atoms with Crippen LogP contribution in [0.4, 0.5) is 0 Å². The van der Waals surface area contributed by atoms with Gasteiger partial charge in [-0.15, -0.1) is 0 Å². The summed E-state index contributed by atoms with van der Waals surface area (Å²) in [6.07, 6.45) is 1.11. The summed E-state index contributed by atoms with van der Waals surface area (Å²) in [4.78, 5) is 6.86. The van der Waals surface area contributed by atoms with E-state index in [1.54, 1.807) is 0 Å². The van der Waals surface area contributed by atoms with E-state index in [0.717, 1.165) is 32.7 Å². The van der Waals surface area contributed by atoms with Crippen LogP contribution in [-0.2, 0) is 4.74 Å². The topological polar surface area (TPSA) is 50.8 Å². The zero-order valence-electron chi connectivity index (χ0n) is 12.0. The Bertz CT molecular complexity index is 468.